The maximum atomic E-state index is 10.5. The third-order valence-electron chi connectivity index (χ3n) is 3.31. The maximum Gasteiger partial charge on any atom is 0.0896 e. The molecule has 0 aliphatic carbocycles. The Kier molecular flexibility index (Phi) is 3.25. The summed E-state index contributed by atoms with van der Waals surface area (Å²) >= 11 is 0. The summed E-state index contributed by atoms with van der Waals surface area (Å²) < 4.78 is 0. The number of benzene rings is 1. The molecule has 0 radical (unpaired) electrons. The van der Waals surface area contributed by atoms with E-state index in [1.807, 2.05) is 6.92 Å². The van der Waals surface area contributed by atoms with E-state index in [4.69, 9.17) is 0 Å². The molecular weight excluding hydrogens is 184 g/mol. The molecule has 0 aliphatic heterocycles. The molecule has 15 heavy (non-hydrogen) atoms. The van der Waals surface area contributed by atoms with Crippen LogP contribution in [-0.2, 0) is 5.60 Å². The number of aliphatic hydroxyl groups is 1. The molecule has 0 unspecified atom stereocenters. The minimum atomic E-state index is -0.734. The van der Waals surface area contributed by atoms with Gasteiger partial charge >= 0.3 is 0 Å². The minimum Gasteiger partial charge on any atom is -0.385 e. The zero-order valence-corrected chi connectivity index (χ0v) is 10.7. The molecule has 0 bridgehead atoms. The Morgan fingerprint density at radius 1 is 1.07 bits per heavy atom. The van der Waals surface area contributed by atoms with E-state index in [0.29, 0.717) is 0 Å². The molecule has 1 N–H and O–H groups in total. The van der Waals surface area contributed by atoms with Gasteiger partial charge in [-0.2, -0.15) is 0 Å². The van der Waals surface area contributed by atoms with Gasteiger partial charge in [-0.05, 0) is 50.3 Å². The van der Waals surface area contributed by atoms with Gasteiger partial charge in [0.2, 0.25) is 0 Å². The average molecular weight is 206 g/mol. The lowest BCUT2D eigenvalue weighted by molar-refractivity contribution is 0.00788. The van der Waals surface area contributed by atoms with Crippen molar-refractivity contribution >= 4 is 0 Å². The van der Waals surface area contributed by atoms with Crippen molar-refractivity contribution < 1.29 is 5.11 Å². The number of aryl methyl sites for hydroxylation is 3. The third-order valence-corrected chi connectivity index (χ3v) is 3.31. The molecule has 1 atom stereocenters. The summed E-state index contributed by atoms with van der Waals surface area (Å²) in [5, 5.41) is 10.5. The van der Waals surface area contributed by atoms with Crippen LogP contribution in [0.2, 0.25) is 0 Å². The number of hydrogen-bond donors (Lipinski definition) is 1. The highest BCUT2D eigenvalue weighted by molar-refractivity contribution is 5.41. The van der Waals surface area contributed by atoms with Gasteiger partial charge in [-0.1, -0.05) is 31.5 Å². The Balaban J connectivity index is 3.38. The zero-order chi connectivity index (χ0) is 11.8. The standard InChI is InChI=1S/C14H22O/c1-9(2)14(6,15)13-11(4)7-10(3)8-12(13)5/h7-9,15H,1-6H3/t14-/m0/s1. The van der Waals surface area contributed by atoms with Gasteiger partial charge in [0, 0.05) is 0 Å². The van der Waals surface area contributed by atoms with Crippen LogP contribution >= 0.6 is 0 Å². The van der Waals surface area contributed by atoms with E-state index in [1.54, 1.807) is 0 Å². The molecule has 1 aromatic carbocycles. The molecule has 1 rings (SSSR count). The fourth-order valence-electron chi connectivity index (χ4n) is 2.27. The lowest BCUT2D eigenvalue weighted by atomic mass is 9.80. The van der Waals surface area contributed by atoms with Crippen molar-refractivity contribution in [3.63, 3.8) is 0 Å². The summed E-state index contributed by atoms with van der Waals surface area (Å²) in [6.07, 6.45) is 0. The first-order valence-electron chi connectivity index (χ1n) is 5.57. The van der Waals surface area contributed by atoms with Crippen LogP contribution in [0.3, 0.4) is 0 Å². The molecule has 0 spiro atoms. The fraction of sp³-hybridized carbons (Fsp3) is 0.571. The molecule has 0 amide bonds. The second-order valence-electron chi connectivity index (χ2n) is 5.08. The molecule has 0 fully saturated rings. The molecule has 0 aromatic heterocycles. The maximum absolute atomic E-state index is 10.5. The second kappa shape index (κ2) is 3.97. The van der Waals surface area contributed by atoms with Crippen molar-refractivity contribution in [1.82, 2.24) is 0 Å². The third kappa shape index (κ3) is 2.23. The number of hydrogen-bond acceptors (Lipinski definition) is 1. The Hall–Kier alpha value is -0.820. The van der Waals surface area contributed by atoms with E-state index in [1.165, 1.54) is 16.7 Å². The van der Waals surface area contributed by atoms with Crippen LogP contribution in [0, 0.1) is 26.7 Å². The van der Waals surface area contributed by atoms with Gasteiger partial charge in [0.05, 0.1) is 5.60 Å². The quantitative estimate of drug-likeness (QED) is 0.785. The fourth-order valence-corrected chi connectivity index (χ4v) is 2.27. The summed E-state index contributed by atoms with van der Waals surface area (Å²) in [6.45, 7) is 12.3. The van der Waals surface area contributed by atoms with Gasteiger partial charge in [0.25, 0.3) is 0 Å². The van der Waals surface area contributed by atoms with Gasteiger partial charge in [0.15, 0.2) is 0 Å². The smallest absolute Gasteiger partial charge is 0.0896 e. The van der Waals surface area contributed by atoms with Crippen molar-refractivity contribution in [3.05, 3.63) is 34.4 Å². The highest BCUT2D eigenvalue weighted by atomic mass is 16.3. The van der Waals surface area contributed by atoms with Crippen molar-refractivity contribution in [2.24, 2.45) is 5.92 Å². The first kappa shape index (κ1) is 12.3. The van der Waals surface area contributed by atoms with Crippen LogP contribution < -0.4 is 0 Å². The van der Waals surface area contributed by atoms with Gasteiger partial charge in [-0.25, -0.2) is 0 Å². The van der Waals surface area contributed by atoms with E-state index < -0.39 is 5.60 Å². The van der Waals surface area contributed by atoms with Crippen molar-refractivity contribution in [1.29, 1.82) is 0 Å². The van der Waals surface area contributed by atoms with Crippen molar-refractivity contribution in [3.8, 4) is 0 Å². The van der Waals surface area contributed by atoms with Gasteiger partial charge in [0.1, 0.15) is 0 Å². The Bertz CT molecular complexity index is 339. The Morgan fingerprint density at radius 3 is 1.80 bits per heavy atom. The van der Waals surface area contributed by atoms with Gasteiger partial charge in [-0.15, -0.1) is 0 Å². The topological polar surface area (TPSA) is 20.2 Å². The SMILES string of the molecule is Cc1cc(C)c([C@@](C)(O)C(C)C)c(C)c1. The van der Waals surface area contributed by atoms with Crippen LogP contribution in [0.4, 0.5) is 0 Å². The van der Waals surface area contributed by atoms with Crippen molar-refractivity contribution in [2.75, 3.05) is 0 Å². The highest BCUT2D eigenvalue weighted by Gasteiger charge is 2.30. The van der Waals surface area contributed by atoms with Gasteiger partial charge in [-0.3, -0.25) is 0 Å². The van der Waals surface area contributed by atoms with E-state index in [-0.39, 0.29) is 5.92 Å². The second-order valence-corrected chi connectivity index (χ2v) is 5.08. The largest absolute Gasteiger partial charge is 0.385 e. The molecule has 84 valence electrons. The van der Waals surface area contributed by atoms with Crippen LogP contribution in [0.1, 0.15) is 43.0 Å². The monoisotopic (exact) mass is 206 g/mol. The Morgan fingerprint density at radius 2 is 1.47 bits per heavy atom. The molecule has 0 heterocycles. The lowest BCUT2D eigenvalue weighted by Crippen LogP contribution is -2.30. The average Bonchev–Trinajstić information content (AvgIpc) is 2.00. The van der Waals surface area contributed by atoms with Crippen LogP contribution in [0.15, 0.2) is 12.1 Å². The normalized spacial score (nSPS) is 15.5. The molecule has 1 aromatic rings. The predicted molar refractivity (Wildman–Crippen MR) is 65.1 cm³/mol. The summed E-state index contributed by atoms with van der Waals surface area (Å²) in [7, 11) is 0. The van der Waals surface area contributed by atoms with Crippen molar-refractivity contribution in [2.45, 2.75) is 47.1 Å². The molecule has 0 aliphatic rings. The highest BCUT2D eigenvalue weighted by Crippen LogP contribution is 2.34. The molecule has 1 heteroatoms. The van der Waals surface area contributed by atoms with E-state index >= 15 is 0 Å². The molecule has 0 saturated carbocycles. The summed E-state index contributed by atoms with van der Waals surface area (Å²) in [5.74, 6) is 0.220. The Labute approximate surface area is 93.1 Å². The summed E-state index contributed by atoms with van der Waals surface area (Å²) in [5.41, 5.74) is 3.98. The van der Waals surface area contributed by atoms with E-state index in [2.05, 4.69) is 46.8 Å². The predicted octanol–water partition coefficient (Wildman–Crippen LogP) is 3.48. The summed E-state index contributed by atoms with van der Waals surface area (Å²) in [4.78, 5) is 0. The van der Waals surface area contributed by atoms with Crippen LogP contribution in [-0.4, -0.2) is 5.11 Å². The first-order valence-corrected chi connectivity index (χ1v) is 5.57. The summed E-state index contributed by atoms with van der Waals surface area (Å²) in [6, 6.07) is 4.28. The van der Waals surface area contributed by atoms with Gasteiger partial charge < -0.3 is 5.11 Å². The number of rotatable bonds is 2. The van der Waals surface area contributed by atoms with E-state index in [9.17, 15) is 5.11 Å². The van der Waals surface area contributed by atoms with E-state index in [0.717, 1.165) is 5.56 Å². The zero-order valence-electron chi connectivity index (χ0n) is 10.7. The van der Waals surface area contributed by atoms with Crippen LogP contribution in [0.5, 0.6) is 0 Å². The lowest BCUT2D eigenvalue weighted by Gasteiger charge is -2.31. The molecule has 0 saturated heterocycles. The molecular formula is C14H22O. The minimum absolute atomic E-state index is 0.220. The molecule has 1 nitrogen and oxygen atoms in total. The first-order chi connectivity index (χ1) is 6.76. The van der Waals surface area contributed by atoms with Crippen LogP contribution in [0.25, 0.3) is 0 Å².